The van der Waals surface area contributed by atoms with Gasteiger partial charge in [0.15, 0.2) is 0 Å². The monoisotopic (exact) mass is 359 g/mol. The van der Waals surface area contributed by atoms with Crippen LogP contribution in [0.4, 0.5) is 0 Å². The third-order valence-corrected chi connectivity index (χ3v) is 5.32. The summed E-state index contributed by atoms with van der Waals surface area (Å²) in [6, 6.07) is 10.0. The Morgan fingerprint density at radius 2 is 1.88 bits per heavy atom. The highest BCUT2D eigenvalue weighted by Gasteiger charge is 2.13. The van der Waals surface area contributed by atoms with Gasteiger partial charge in [0.2, 0.25) is 5.91 Å². The van der Waals surface area contributed by atoms with E-state index in [0.717, 1.165) is 17.5 Å². The number of ether oxygens (including phenoxy) is 1. The summed E-state index contributed by atoms with van der Waals surface area (Å²) in [7, 11) is 0. The van der Waals surface area contributed by atoms with Crippen molar-refractivity contribution in [2.75, 3.05) is 13.2 Å². The van der Waals surface area contributed by atoms with Crippen LogP contribution in [0.5, 0.6) is 0 Å². The smallest absolute Gasteiger partial charge is 0.348 e. The predicted octanol–water partition coefficient (Wildman–Crippen LogP) is 3.83. The lowest BCUT2D eigenvalue weighted by molar-refractivity contribution is -0.121. The third kappa shape index (κ3) is 6.02. The van der Waals surface area contributed by atoms with Crippen molar-refractivity contribution in [2.45, 2.75) is 40.0 Å². The maximum Gasteiger partial charge on any atom is 0.348 e. The summed E-state index contributed by atoms with van der Waals surface area (Å²) in [5.41, 5.74) is 3.48. The molecule has 0 spiro atoms. The summed E-state index contributed by atoms with van der Waals surface area (Å²) in [6.07, 6.45) is 2.06. The summed E-state index contributed by atoms with van der Waals surface area (Å²) in [6.45, 7) is 6.63. The third-order valence-electron chi connectivity index (χ3n) is 3.96. The van der Waals surface area contributed by atoms with Gasteiger partial charge >= 0.3 is 5.97 Å². The number of aryl methyl sites for hydroxylation is 4. The first-order chi connectivity index (χ1) is 12.0. The molecule has 0 fully saturated rings. The molecule has 0 saturated heterocycles. The van der Waals surface area contributed by atoms with Crippen LogP contribution in [0.25, 0.3) is 0 Å². The van der Waals surface area contributed by atoms with E-state index in [0.29, 0.717) is 24.3 Å². The molecule has 1 aromatic carbocycles. The Balaban J connectivity index is 1.65. The van der Waals surface area contributed by atoms with Crippen molar-refractivity contribution in [2.24, 2.45) is 0 Å². The van der Waals surface area contributed by atoms with Gasteiger partial charge in [0.25, 0.3) is 0 Å². The lowest BCUT2D eigenvalue weighted by Crippen LogP contribution is -2.28. The van der Waals surface area contributed by atoms with Crippen molar-refractivity contribution in [1.29, 1.82) is 0 Å². The standard InChI is InChI=1S/C20H25NO3S/c1-4-17-15(3)13-18(25-17)20(23)24-12-11-21-19(22)10-9-16-7-5-14(2)6-8-16/h5-8,13H,4,9-12H2,1-3H3,(H,21,22). The van der Waals surface area contributed by atoms with Crippen LogP contribution in [0.2, 0.25) is 0 Å². The molecule has 2 aromatic rings. The Labute approximate surface area is 153 Å². The van der Waals surface area contributed by atoms with Crippen molar-refractivity contribution in [3.8, 4) is 0 Å². The summed E-state index contributed by atoms with van der Waals surface area (Å²) < 4.78 is 5.22. The molecule has 0 aliphatic carbocycles. The number of amides is 1. The molecule has 0 radical (unpaired) electrons. The molecule has 0 bridgehead atoms. The van der Waals surface area contributed by atoms with Crippen molar-refractivity contribution >= 4 is 23.2 Å². The fourth-order valence-electron chi connectivity index (χ4n) is 2.48. The molecule has 1 heterocycles. The number of hydrogen-bond donors (Lipinski definition) is 1. The van der Waals surface area contributed by atoms with Crippen LogP contribution in [0, 0.1) is 13.8 Å². The fourth-order valence-corrected chi connectivity index (χ4v) is 3.49. The highest BCUT2D eigenvalue weighted by molar-refractivity contribution is 7.14. The molecule has 2 rings (SSSR count). The number of hydrogen-bond acceptors (Lipinski definition) is 4. The number of carbonyl (C=O) groups is 2. The minimum atomic E-state index is -0.318. The van der Waals surface area contributed by atoms with Crippen LogP contribution in [-0.4, -0.2) is 25.0 Å². The first kappa shape index (κ1) is 19.2. The number of esters is 1. The van der Waals surface area contributed by atoms with Gasteiger partial charge in [0, 0.05) is 11.3 Å². The van der Waals surface area contributed by atoms with Gasteiger partial charge in [0.05, 0.1) is 6.54 Å². The number of thiophene rings is 1. The second-order valence-corrected chi connectivity index (χ2v) is 7.18. The Morgan fingerprint density at radius 3 is 2.52 bits per heavy atom. The van der Waals surface area contributed by atoms with Gasteiger partial charge in [-0.1, -0.05) is 36.8 Å². The first-order valence-electron chi connectivity index (χ1n) is 8.58. The van der Waals surface area contributed by atoms with Crippen molar-refractivity contribution < 1.29 is 14.3 Å². The fraction of sp³-hybridized carbons (Fsp3) is 0.400. The second-order valence-electron chi connectivity index (χ2n) is 6.04. The van der Waals surface area contributed by atoms with E-state index in [1.807, 2.05) is 44.2 Å². The van der Waals surface area contributed by atoms with E-state index < -0.39 is 0 Å². The molecule has 0 atom stereocenters. The zero-order valence-electron chi connectivity index (χ0n) is 15.1. The molecular weight excluding hydrogens is 334 g/mol. The van der Waals surface area contributed by atoms with Gasteiger partial charge in [-0.2, -0.15) is 0 Å². The molecular formula is C20H25NO3S. The maximum absolute atomic E-state index is 12.0. The molecule has 0 aliphatic heterocycles. The highest BCUT2D eigenvalue weighted by atomic mass is 32.1. The van der Waals surface area contributed by atoms with Crippen LogP contribution in [-0.2, 0) is 22.4 Å². The van der Waals surface area contributed by atoms with Crippen LogP contribution in [0.1, 0.15) is 44.6 Å². The average Bonchev–Trinajstić information content (AvgIpc) is 2.99. The molecule has 25 heavy (non-hydrogen) atoms. The van der Waals surface area contributed by atoms with Crippen molar-refractivity contribution in [3.05, 3.63) is 56.8 Å². The molecule has 0 unspecified atom stereocenters. The van der Waals surface area contributed by atoms with Crippen LogP contribution >= 0.6 is 11.3 Å². The van der Waals surface area contributed by atoms with Crippen LogP contribution in [0.15, 0.2) is 30.3 Å². The second kappa shape index (κ2) is 9.37. The molecule has 1 aromatic heterocycles. The van der Waals surface area contributed by atoms with Gasteiger partial charge in [-0.3, -0.25) is 4.79 Å². The Morgan fingerprint density at radius 1 is 1.16 bits per heavy atom. The van der Waals surface area contributed by atoms with Gasteiger partial charge in [0.1, 0.15) is 11.5 Å². The number of nitrogens with one attached hydrogen (secondary N) is 1. The SMILES string of the molecule is CCc1sc(C(=O)OCCNC(=O)CCc2ccc(C)cc2)cc1C. The molecule has 0 saturated carbocycles. The van der Waals surface area contributed by atoms with Gasteiger partial charge in [-0.15, -0.1) is 11.3 Å². The van der Waals surface area contributed by atoms with Crippen molar-refractivity contribution in [1.82, 2.24) is 5.32 Å². The maximum atomic E-state index is 12.0. The molecule has 134 valence electrons. The minimum Gasteiger partial charge on any atom is -0.460 e. The quantitative estimate of drug-likeness (QED) is 0.576. The average molecular weight is 359 g/mol. The van der Waals surface area contributed by atoms with E-state index in [9.17, 15) is 9.59 Å². The first-order valence-corrected chi connectivity index (χ1v) is 9.40. The zero-order valence-corrected chi connectivity index (χ0v) is 15.9. The summed E-state index contributed by atoms with van der Waals surface area (Å²) >= 11 is 1.48. The Kier molecular flexibility index (Phi) is 7.19. The number of rotatable bonds is 8. The van der Waals surface area contributed by atoms with Crippen molar-refractivity contribution in [3.63, 3.8) is 0 Å². The van der Waals surface area contributed by atoms with E-state index in [1.165, 1.54) is 21.8 Å². The molecule has 1 amide bonds. The molecule has 1 N–H and O–H groups in total. The van der Waals surface area contributed by atoms with Gasteiger partial charge in [-0.25, -0.2) is 4.79 Å². The number of carbonyl (C=O) groups excluding carboxylic acids is 2. The summed E-state index contributed by atoms with van der Waals surface area (Å²) in [5, 5.41) is 2.79. The van der Waals surface area contributed by atoms with E-state index in [2.05, 4.69) is 12.2 Å². The zero-order chi connectivity index (χ0) is 18.2. The van der Waals surface area contributed by atoms with Crippen LogP contribution in [0.3, 0.4) is 0 Å². The molecule has 5 heteroatoms. The molecule has 4 nitrogen and oxygen atoms in total. The largest absolute Gasteiger partial charge is 0.460 e. The molecule has 0 aliphatic rings. The topological polar surface area (TPSA) is 55.4 Å². The highest BCUT2D eigenvalue weighted by Crippen LogP contribution is 2.22. The van der Waals surface area contributed by atoms with E-state index in [1.54, 1.807) is 0 Å². The van der Waals surface area contributed by atoms with Crippen LogP contribution < -0.4 is 5.32 Å². The van der Waals surface area contributed by atoms with E-state index >= 15 is 0 Å². The summed E-state index contributed by atoms with van der Waals surface area (Å²) in [4.78, 5) is 25.6. The van der Waals surface area contributed by atoms with Gasteiger partial charge < -0.3 is 10.1 Å². The van der Waals surface area contributed by atoms with E-state index in [-0.39, 0.29) is 18.5 Å². The van der Waals surface area contributed by atoms with E-state index in [4.69, 9.17) is 4.74 Å². The predicted molar refractivity (Wildman–Crippen MR) is 101 cm³/mol. The Bertz CT molecular complexity index is 719. The lowest BCUT2D eigenvalue weighted by atomic mass is 10.1. The Hall–Kier alpha value is -2.14. The minimum absolute atomic E-state index is 0.0307. The number of benzene rings is 1. The summed E-state index contributed by atoms with van der Waals surface area (Å²) in [5.74, 6) is -0.349. The lowest BCUT2D eigenvalue weighted by Gasteiger charge is -2.06. The van der Waals surface area contributed by atoms with Gasteiger partial charge in [-0.05, 0) is 43.9 Å². The normalized spacial score (nSPS) is 10.5.